The van der Waals surface area contributed by atoms with Crippen LogP contribution in [0.1, 0.15) is 32.5 Å². The Kier molecular flexibility index (Phi) is 5.76. The number of aliphatic carboxylic acids is 1. The zero-order valence-corrected chi connectivity index (χ0v) is 13.0. The summed E-state index contributed by atoms with van der Waals surface area (Å²) in [6, 6.07) is 0.874. The van der Waals surface area contributed by atoms with Crippen molar-refractivity contribution < 1.29 is 9.90 Å². The third-order valence-corrected chi connectivity index (χ3v) is 4.06. The van der Waals surface area contributed by atoms with E-state index in [9.17, 15) is 4.79 Å². The number of rotatable bonds is 7. The molecule has 0 aromatic carbocycles. The van der Waals surface area contributed by atoms with E-state index in [2.05, 4.69) is 28.7 Å². The van der Waals surface area contributed by atoms with Crippen LogP contribution in [-0.4, -0.2) is 57.2 Å². The average molecular weight is 294 g/mol. The molecule has 1 atom stereocenters. The highest BCUT2D eigenvalue weighted by Crippen LogP contribution is 2.11. The maximum atomic E-state index is 10.7. The van der Waals surface area contributed by atoms with Crippen molar-refractivity contribution in [2.75, 3.05) is 19.6 Å². The quantitative estimate of drug-likeness (QED) is 0.784. The number of likely N-dealkylation sites (tertiary alicyclic amines) is 1. The Labute approximate surface area is 126 Å². The lowest BCUT2D eigenvalue weighted by molar-refractivity contribution is -0.138. The van der Waals surface area contributed by atoms with Crippen molar-refractivity contribution in [2.45, 2.75) is 51.7 Å². The number of imidazole rings is 1. The Morgan fingerprint density at radius 1 is 1.52 bits per heavy atom. The first-order valence-electron chi connectivity index (χ1n) is 7.78. The summed E-state index contributed by atoms with van der Waals surface area (Å²) in [6.45, 7) is 7.14. The molecule has 1 aliphatic heterocycles. The molecule has 0 saturated carbocycles. The average Bonchev–Trinajstić information content (AvgIpc) is 2.87. The lowest BCUT2D eigenvalue weighted by Gasteiger charge is -2.33. The van der Waals surface area contributed by atoms with Gasteiger partial charge in [-0.1, -0.05) is 6.92 Å². The highest BCUT2D eigenvalue weighted by molar-refractivity contribution is 5.69. The van der Waals surface area contributed by atoms with Crippen LogP contribution < -0.4 is 5.32 Å². The van der Waals surface area contributed by atoms with Gasteiger partial charge in [0, 0.05) is 50.5 Å². The lowest BCUT2D eigenvalue weighted by atomic mass is 10.0. The molecule has 0 radical (unpaired) electrons. The minimum atomic E-state index is -0.734. The molecule has 1 fully saturated rings. The van der Waals surface area contributed by atoms with Crippen LogP contribution in [0.5, 0.6) is 0 Å². The van der Waals surface area contributed by atoms with E-state index < -0.39 is 5.97 Å². The molecule has 2 N–H and O–H groups in total. The molecule has 6 heteroatoms. The van der Waals surface area contributed by atoms with Crippen LogP contribution in [0.15, 0.2) is 12.4 Å². The molecule has 0 spiro atoms. The van der Waals surface area contributed by atoms with Gasteiger partial charge in [0.2, 0.25) is 0 Å². The van der Waals surface area contributed by atoms with Gasteiger partial charge in [0.1, 0.15) is 5.82 Å². The summed E-state index contributed by atoms with van der Waals surface area (Å²) in [5.41, 5.74) is 0. The standard InChI is InChI=1S/C15H26N4O2/c1-3-14-16-6-9-19(14)10-12(2)17-13-4-7-18(8-5-13)11-15(20)21/h6,9,12-13,17H,3-5,7-8,10-11H2,1-2H3,(H,20,21). The van der Waals surface area contributed by atoms with E-state index in [1.165, 1.54) is 0 Å². The summed E-state index contributed by atoms with van der Waals surface area (Å²) in [5.74, 6) is 0.391. The number of aryl methyl sites for hydroxylation is 1. The first kappa shape index (κ1) is 16.0. The number of nitrogens with one attached hydrogen (secondary N) is 1. The van der Waals surface area contributed by atoms with Gasteiger partial charge in [0.15, 0.2) is 0 Å². The Morgan fingerprint density at radius 3 is 2.86 bits per heavy atom. The Bertz CT molecular complexity index is 452. The van der Waals surface area contributed by atoms with E-state index in [0.29, 0.717) is 12.1 Å². The van der Waals surface area contributed by atoms with Crippen molar-refractivity contribution in [3.05, 3.63) is 18.2 Å². The fourth-order valence-electron chi connectivity index (χ4n) is 3.02. The lowest BCUT2D eigenvalue weighted by Crippen LogP contribution is -2.47. The summed E-state index contributed by atoms with van der Waals surface area (Å²) in [4.78, 5) is 17.1. The van der Waals surface area contributed by atoms with E-state index in [1.54, 1.807) is 0 Å². The zero-order chi connectivity index (χ0) is 15.2. The number of nitrogens with zero attached hydrogens (tertiary/aromatic N) is 3. The third-order valence-electron chi connectivity index (χ3n) is 4.06. The fraction of sp³-hybridized carbons (Fsp3) is 0.733. The molecule has 1 aliphatic rings. The summed E-state index contributed by atoms with van der Waals surface area (Å²) in [6.07, 6.45) is 6.88. The minimum Gasteiger partial charge on any atom is -0.480 e. The van der Waals surface area contributed by atoms with E-state index >= 15 is 0 Å². The van der Waals surface area contributed by atoms with Gasteiger partial charge in [-0.3, -0.25) is 9.69 Å². The van der Waals surface area contributed by atoms with Crippen LogP contribution in [-0.2, 0) is 17.8 Å². The molecule has 0 bridgehead atoms. The fourth-order valence-corrected chi connectivity index (χ4v) is 3.02. The van der Waals surface area contributed by atoms with Crippen LogP contribution in [0.2, 0.25) is 0 Å². The summed E-state index contributed by atoms with van der Waals surface area (Å²) >= 11 is 0. The molecular weight excluding hydrogens is 268 g/mol. The van der Waals surface area contributed by atoms with E-state index in [0.717, 1.165) is 44.7 Å². The van der Waals surface area contributed by atoms with Crippen LogP contribution in [0, 0.1) is 0 Å². The summed E-state index contributed by atoms with van der Waals surface area (Å²) < 4.78 is 2.21. The van der Waals surface area contributed by atoms with Gasteiger partial charge in [-0.05, 0) is 19.8 Å². The van der Waals surface area contributed by atoms with Gasteiger partial charge in [0.25, 0.3) is 0 Å². The smallest absolute Gasteiger partial charge is 0.317 e. The molecule has 0 aliphatic carbocycles. The van der Waals surface area contributed by atoms with Gasteiger partial charge in [-0.2, -0.15) is 0 Å². The summed E-state index contributed by atoms with van der Waals surface area (Å²) in [7, 11) is 0. The maximum absolute atomic E-state index is 10.7. The van der Waals surface area contributed by atoms with Crippen molar-refractivity contribution >= 4 is 5.97 Å². The second-order valence-electron chi connectivity index (χ2n) is 5.86. The van der Waals surface area contributed by atoms with E-state index in [1.807, 2.05) is 17.3 Å². The molecule has 1 saturated heterocycles. The van der Waals surface area contributed by atoms with E-state index in [-0.39, 0.29) is 6.54 Å². The Hall–Kier alpha value is -1.40. The second kappa shape index (κ2) is 7.56. The number of carboxylic acids is 1. The monoisotopic (exact) mass is 294 g/mol. The largest absolute Gasteiger partial charge is 0.480 e. The second-order valence-corrected chi connectivity index (χ2v) is 5.86. The molecule has 2 heterocycles. The first-order chi connectivity index (χ1) is 10.1. The number of hydrogen-bond donors (Lipinski definition) is 2. The van der Waals surface area contributed by atoms with Gasteiger partial charge in [-0.25, -0.2) is 4.98 Å². The van der Waals surface area contributed by atoms with Gasteiger partial charge in [0.05, 0.1) is 6.54 Å². The predicted octanol–water partition coefficient (Wildman–Crippen LogP) is 0.973. The normalized spacial score (nSPS) is 18.8. The van der Waals surface area contributed by atoms with Crippen molar-refractivity contribution in [1.29, 1.82) is 0 Å². The number of piperidine rings is 1. The predicted molar refractivity (Wildman–Crippen MR) is 81.3 cm³/mol. The van der Waals surface area contributed by atoms with Gasteiger partial charge >= 0.3 is 5.97 Å². The zero-order valence-electron chi connectivity index (χ0n) is 13.0. The van der Waals surface area contributed by atoms with Crippen molar-refractivity contribution in [3.8, 4) is 0 Å². The van der Waals surface area contributed by atoms with Crippen LogP contribution in [0.25, 0.3) is 0 Å². The number of aromatic nitrogens is 2. The molecule has 118 valence electrons. The highest BCUT2D eigenvalue weighted by Gasteiger charge is 2.21. The van der Waals surface area contributed by atoms with Crippen molar-refractivity contribution in [1.82, 2.24) is 19.8 Å². The Morgan fingerprint density at radius 2 is 2.24 bits per heavy atom. The first-order valence-corrected chi connectivity index (χ1v) is 7.78. The number of carbonyl (C=O) groups is 1. The molecular formula is C15H26N4O2. The van der Waals surface area contributed by atoms with Crippen LogP contribution >= 0.6 is 0 Å². The number of hydrogen-bond acceptors (Lipinski definition) is 4. The maximum Gasteiger partial charge on any atom is 0.317 e. The Balaban J connectivity index is 1.74. The molecule has 6 nitrogen and oxygen atoms in total. The molecule has 0 amide bonds. The third kappa shape index (κ3) is 4.82. The number of carboxylic acid groups (broad SMARTS) is 1. The van der Waals surface area contributed by atoms with Gasteiger partial charge < -0.3 is 15.0 Å². The molecule has 1 aromatic rings. The molecule has 1 aromatic heterocycles. The molecule has 2 rings (SSSR count). The SMILES string of the molecule is CCc1nccn1CC(C)NC1CCN(CC(=O)O)CC1. The van der Waals surface area contributed by atoms with Crippen molar-refractivity contribution in [2.24, 2.45) is 0 Å². The topological polar surface area (TPSA) is 70.4 Å². The summed E-state index contributed by atoms with van der Waals surface area (Å²) in [5, 5.41) is 12.5. The van der Waals surface area contributed by atoms with Crippen LogP contribution in [0.3, 0.4) is 0 Å². The molecule has 21 heavy (non-hydrogen) atoms. The highest BCUT2D eigenvalue weighted by atomic mass is 16.4. The molecule has 1 unspecified atom stereocenters. The van der Waals surface area contributed by atoms with Crippen LogP contribution in [0.4, 0.5) is 0 Å². The van der Waals surface area contributed by atoms with Crippen molar-refractivity contribution in [3.63, 3.8) is 0 Å². The van der Waals surface area contributed by atoms with Gasteiger partial charge in [-0.15, -0.1) is 0 Å². The van der Waals surface area contributed by atoms with E-state index in [4.69, 9.17) is 5.11 Å². The minimum absolute atomic E-state index is 0.164.